The highest BCUT2D eigenvalue weighted by Gasteiger charge is 2.41. The lowest BCUT2D eigenvalue weighted by atomic mass is 9.78. The zero-order valence-electron chi connectivity index (χ0n) is 14.0. The Balaban J connectivity index is 1.77. The summed E-state index contributed by atoms with van der Waals surface area (Å²) in [6.45, 7) is 2.29. The second-order valence-corrected chi connectivity index (χ2v) is 7.85. The van der Waals surface area contributed by atoms with E-state index < -0.39 is 0 Å². The minimum absolute atomic E-state index is 0.0750. The molecular formula is C22H20ClNS. The van der Waals surface area contributed by atoms with Gasteiger partial charge < -0.3 is 5.32 Å². The third-order valence-corrected chi connectivity index (χ3v) is 6.04. The fraction of sp³-hybridized carbons (Fsp3) is 0.182. The molecule has 0 fully saturated rings. The molecular weight excluding hydrogens is 346 g/mol. The molecule has 3 aromatic carbocycles. The van der Waals surface area contributed by atoms with Crippen LogP contribution in [-0.4, -0.2) is 5.37 Å². The molecule has 1 aliphatic rings. The van der Waals surface area contributed by atoms with Crippen LogP contribution in [0.1, 0.15) is 18.1 Å². The number of thiol groups is 1. The average Bonchev–Trinajstić information content (AvgIpc) is 2.86. The van der Waals surface area contributed by atoms with Gasteiger partial charge >= 0.3 is 0 Å². The van der Waals surface area contributed by atoms with Crippen molar-refractivity contribution < 1.29 is 0 Å². The normalized spacial score (nSPS) is 21.6. The van der Waals surface area contributed by atoms with Crippen molar-refractivity contribution in [2.75, 3.05) is 5.32 Å². The molecule has 126 valence electrons. The first kappa shape index (κ1) is 16.6. The van der Waals surface area contributed by atoms with E-state index in [4.69, 9.17) is 24.2 Å². The smallest absolute Gasteiger partial charge is 0.0791 e. The Labute approximate surface area is 159 Å². The van der Waals surface area contributed by atoms with Crippen LogP contribution < -0.4 is 5.32 Å². The molecule has 2 unspecified atom stereocenters. The molecule has 0 spiro atoms. The number of hydrogen-bond donors (Lipinski definition) is 2. The van der Waals surface area contributed by atoms with E-state index in [1.54, 1.807) is 0 Å². The van der Waals surface area contributed by atoms with Gasteiger partial charge in [-0.05, 0) is 52.9 Å². The fourth-order valence-electron chi connectivity index (χ4n) is 3.66. The summed E-state index contributed by atoms with van der Waals surface area (Å²) in [5.74, 6) is 0. The van der Waals surface area contributed by atoms with Crippen molar-refractivity contribution in [3.8, 4) is 11.1 Å². The number of fused-ring (bicyclic) bond motifs is 1. The number of anilines is 1. The first-order valence-electron chi connectivity index (χ1n) is 8.45. The minimum Gasteiger partial charge on any atom is -0.372 e. The third-order valence-electron chi connectivity index (χ3n) is 5.10. The molecule has 1 heterocycles. The summed E-state index contributed by atoms with van der Waals surface area (Å²) in [7, 11) is 0. The van der Waals surface area contributed by atoms with E-state index in [2.05, 4.69) is 66.8 Å². The first-order chi connectivity index (χ1) is 12.1. The van der Waals surface area contributed by atoms with E-state index in [0.717, 1.165) is 17.0 Å². The molecule has 1 aliphatic heterocycles. The molecule has 25 heavy (non-hydrogen) atoms. The second kappa shape index (κ2) is 6.44. The van der Waals surface area contributed by atoms with Crippen LogP contribution in [-0.2, 0) is 11.8 Å². The Kier molecular flexibility index (Phi) is 4.26. The minimum atomic E-state index is -0.0750. The van der Waals surface area contributed by atoms with Crippen molar-refractivity contribution in [1.29, 1.82) is 0 Å². The number of hydrogen-bond acceptors (Lipinski definition) is 2. The van der Waals surface area contributed by atoms with Gasteiger partial charge in [-0.3, -0.25) is 0 Å². The van der Waals surface area contributed by atoms with Crippen LogP contribution >= 0.6 is 24.2 Å². The monoisotopic (exact) mass is 365 g/mol. The van der Waals surface area contributed by atoms with Crippen molar-refractivity contribution in [3.05, 3.63) is 88.9 Å². The number of benzene rings is 3. The molecule has 3 aromatic rings. The van der Waals surface area contributed by atoms with E-state index in [0.29, 0.717) is 0 Å². The van der Waals surface area contributed by atoms with Gasteiger partial charge in [0, 0.05) is 16.1 Å². The third kappa shape index (κ3) is 3.05. The van der Waals surface area contributed by atoms with E-state index in [-0.39, 0.29) is 10.8 Å². The van der Waals surface area contributed by atoms with Crippen LogP contribution in [0.3, 0.4) is 0 Å². The van der Waals surface area contributed by atoms with Gasteiger partial charge in [0.2, 0.25) is 0 Å². The zero-order chi connectivity index (χ0) is 17.4. The topological polar surface area (TPSA) is 12.0 Å². The fourth-order valence-corrected chi connectivity index (χ4v) is 4.22. The van der Waals surface area contributed by atoms with Gasteiger partial charge in [-0.15, -0.1) is 0 Å². The molecule has 1 nitrogen and oxygen atoms in total. The van der Waals surface area contributed by atoms with Gasteiger partial charge in [-0.1, -0.05) is 67.1 Å². The lowest BCUT2D eigenvalue weighted by Gasteiger charge is -2.29. The van der Waals surface area contributed by atoms with Gasteiger partial charge in [0.05, 0.1) is 5.37 Å². The predicted octanol–water partition coefficient (Wildman–Crippen LogP) is 6.19. The van der Waals surface area contributed by atoms with E-state index in [1.807, 2.05) is 18.2 Å². The van der Waals surface area contributed by atoms with Crippen LogP contribution in [0.25, 0.3) is 11.1 Å². The Morgan fingerprint density at radius 1 is 0.960 bits per heavy atom. The highest BCUT2D eigenvalue weighted by molar-refractivity contribution is 7.81. The first-order valence-corrected chi connectivity index (χ1v) is 9.35. The Hall–Kier alpha value is -1.90. The Morgan fingerprint density at radius 2 is 1.72 bits per heavy atom. The molecule has 0 aliphatic carbocycles. The average molecular weight is 366 g/mol. The van der Waals surface area contributed by atoms with Gasteiger partial charge in [-0.25, -0.2) is 0 Å². The zero-order valence-corrected chi connectivity index (χ0v) is 15.7. The summed E-state index contributed by atoms with van der Waals surface area (Å²) in [6, 6.07) is 25.2. The molecule has 0 bridgehead atoms. The van der Waals surface area contributed by atoms with E-state index in [1.165, 1.54) is 22.4 Å². The Bertz CT molecular complexity index is 909. The van der Waals surface area contributed by atoms with Gasteiger partial charge in [0.25, 0.3) is 0 Å². The van der Waals surface area contributed by atoms with Crippen LogP contribution in [0.4, 0.5) is 5.69 Å². The maximum absolute atomic E-state index is 6.17. The molecule has 4 rings (SSSR count). The quantitative estimate of drug-likeness (QED) is 0.527. The summed E-state index contributed by atoms with van der Waals surface area (Å²) in [4.78, 5) is 0. The maximum atomic E-state index is 6.17. The number of rotatable bonds is 3. The summed E-state index contributed by atoms with van der Waals surface area (Å²) >= 11 is 11.0. The number of nitrogens with one attached hydrogen (secondary N) is 1. The van der Waals surface area contributed by atoms with Gasteiger partial charge in [0.15, 0.2) is 0 Å². The van der Waals surface area contributed by atoms with Crippen LogP contribution in [0.2, 0.25) is 5.02 Å². The van der Waals surface area contributed by atoms with Gasteiger partial charge in [0.1, 0.15) is 0 Å². The molecule has 1 N–H and O–H groups in total. The van der Waals surface area contributed by atoms with Gasteiger partial charge in [-0.2, -0.15) is 12.6 Å². The van der Waals surface area contributed by atoms with Crippen LogP contribution in [0.15, 0.2) is 72.8 Å². The van der Waals surface area contributed by atoms with Crippen LogP contribution in [0.5, 0.6) is 0 Å². The van der Waals surface area contributed by atoms with Crippen molar-refractivity contribution in [3.63, 3.8) is 0 Å². The van der Waals surface area contributed by atoms with Crippen molar-refractivity contribution in [1.82, 2.24) is 0 Å². The molecule has 3 heteroatoms. The van der Waals surface area contributed by atoms with Crippen molar-refractivity contribution in [2.24, 2.45) is 0 Å². The van der Waals surface area contributed by atoms with E-state index in [9.17, 15) is 0 Å². The largest absolute Gasteiger partial charge is 0.372 e. The molecule has 2 atom stereocenters. The molecule has 0 saturated carbocycles. The highest BCUT2D eigenvalue weighted by atomic mass is 35.5. The van der Waals surface area contributed by atoms with Crippen LogP contribution in [0, 0.1) is 0 Å². The summed E-state index contributed by atoms with van der Waals surface area (Å²) in [5, 5.41) is 4.38. The lowest BCUT2D eigenvalue weighted by molar-refractivity contribution is 0.497. The SMILES string of the molecule is CC1(Cc2ccccc2)c2cc(-c3cccc(Cl)c3)ccc2NC1S. The second-order valence-electron chi connectivity index (χ2n) is 6.90. The van der Waals surface area contributed by atoms with Crippen molar-refractivity contribution >= 4 is 29.9 Å². The Morgan fingerprint density at radius 3 is 2.48 bits per heavy atom. The summed E-state index contributed by atoms with van der Waals surface area (Å²) < 4.78 is 0. The molecule has 0 radical (unpaired) electrons. The molecule has 0 saturated heterocycles. The highest BCUT2D eigenvalue weighted by Crippen LogP contribution is 2.46. The lowest BCUT2D eigenvalue weighted by Crippen LogP contribution is -2.34. The predicted molar refractivity (Wildman–Crippen MR) is 111 cm³/mol. The molecule has 0 amide bonds. The number of halogens is 1. The maximum Gasteiger partial charge on any atom is 0.0791 e. The van der Waals surface area contributed by atoms with Crippen molar-refractivity contribution in [2.45, 2.75) is 24.1 Å². The summed E-state index contributed by atoms with van der Waals surface area (Å²) in [5.41, 5.74) is 6.06. The molecule has 0 aromatic heterocycles. The van der Waals surface area contributed by atoms with E-state index >= 15 is 0 Å². The summed E-state index contributed by atoms with van der Waals surface area (Å²) in [6.07, 6.45) is 0.945. The standard InChI is InChI=1S/C22H20ClNS/c1-22(14-15-6-3-2-4-7-15)19-13-17(10-11-20(19)24-21(22)25)16-8-5-9-18(23)12-16/h2-13,21,24-25H,14H2,1H3.